The third-order valence-corrected chi connectivity index (χ3v) is 6.99. The first-order valence-corrected chi connectivity index (χ1v) is 11.9. The van der Waals surface area contributed by atoms with E-state index in [4.69, 9.17) is 4.74 Å². The van der Waals surface area contributed by atoms with E-state index < -0.39 is 5.41 Å². The van der Waals surface area contributed by atoms with Gasteiger partial charge in [-0.3, -0.25) is 20.4 Å². The molecule has 0 spiro atoms. The molecule has 1 heterocycles. The third-order valence-electron chi connectivity index (χ3n) is 6.99. The molecule has 2 aromatic rings. The van der Waals surface area contributed by atoms with Crippen molar-refractivity contribution in [2.24, 2.45) is 5.92 Å². The maximum atomic E-state index is 13.6. The molecule has 2 fully saturated rings. The second-order valence-electron chi connectivity index (χ2n) is 9.14. The van der Waals surface area contributed by atoms with Crippen molar-refractivity contribution in [3.8, 4) is 0 Å². The minimum atomic E-state index is -0.554. The number of primary amides is 1. The Balaban J connectivity index is 1.34. The summed E-state index contributed by atoms with van der Waals surface area (Å²) in [6.07, 6.45) is 11.9. The summed E-state index contributed by atoms with van der Waals surface area (Å²) in [5.41, 5.74) is 1.60. The number of benzene rings is 1. The predicted molar refractivity (Wildman–Crippen MR) is 125 cm³/mol. The van der Waals surface area contributed by atoms with Gasteiger partial charge in [0.15, 0.2) is 5.82 Å². The molecular formula is C26H33N4O3+. The number of ether oxygens (including phenoxy) is 1. The largest absolute Gasteiger partial charge is 0.461 e. The summed E-state index contributed by atoms with van der Waals surface area (Å²) < 4.78 is 6.14. The summed E-state index contributed by atoms with van der Waals surface area (Å²) in [7, 11) is 0. The van der Waals surface area contributed by atoms with Gasteiger partial charge in [0.2, 0.25) is 0 Å². The van der Waals surface area contributed by atoms with E-state index in [1.54, 1.807) is 11.5 Å². The summed E-state index contributed by atoms with van der Waals surface area (Å²) >= 11 is 0. The van der Waals surface area contributed by atoms with Crippen molar-refractivity contribution in [3.63, 3.8) is 0 Å². The highest BCUT2D eigenvalue weighted by molar-refractivity contribution is 5.83. The van der Waals surface area contributed by atoms with E-state index in [-0.39, 0.29) is 24.0 Å². The number of carbonyl (C=O) groups excluding carboxylic acids is 2. The standard InChI is InChI=1S/C26H32N4O3/c1-19-17-22(21(19)11-14-29-25(32)30-23-18-27-15-16-28-23)33-24(31)26(12-7-2-3-8-13-26)20-9-5-4-6-10-20/h4-6,9-10,15-16,18,21-22H,1-3,7-8,11-14,17H2,(H2,28,29,30,32)/p+1. The molecule has 2 aliphatic carbocycles. The van der Waals surface area contributed by atoms with Gasteiger partial charge in [-0.25, -0.2) is 9.78 Å². The van der Waals surface area contributed by atoms with E-state index in [2.05, 4.69) is 34.0 Å². The van der Waals surface area contributed by atoms with Gasteiger partial charge in [-0.05, 0) is 18.4 Å². The number of urea groups is 1. The summed E-state index contributed by atoms with van der Waals surface area (Å²) in [6.45, 7) is 4.72. The van der Waals surface area contributed by atoms with E-state index >= 15 is 0 Å². The number of amides is 2. The van der Waals surface area contributed by atoms with Gasteiger partial charge in [0.05, 0.1) is 18.2 Å². The fraction of sp³-hybridized carbons (Fsp3) is 0.462. The molecule has 3 N–H and O–H groups in total. The lowest BCUT2D eigenvalue weighted by molar-refractivity contribution is -0.553. The van der Waals surface area contributed by atoms with Crippen molar-refractivity contribution < 1.29 is 19.6 Å². The van der Waals surface area contributed by atoms with Gasteiger partial charge in [-0.15, -0.1) is 0 Å². The zero-order valence-electron chi connectivity index (χ0n) is 19.0. The third kappa shape index (κ3) is 5.47. The number of rotatable bonds is 7. The number of hydrogen-bond donors (Lipinski definition) is 2. The van der Waals surface area contributed by atoms with Crippen molar-refractivity contribution in [3.05, 3.63) is 66.6 Å². The molecule has 2 saturated carbocycles. The van der Waals surface area contributed by atoms with Gasteiger partial charge in [0, 0.05) is 31.2 Å². The fourth-order valence-electron chi connectivity index (χ4n) is 5.05. The zero-order valence-corrected chi connectivity index (χ0v) is 19.0. The van der Waals surface area contributed by atoms with E-state index in [9.17, 15) is 9.59 Å². The number of anilines is 1. The lowest BCUT2D eigenvalue weighted by atomic mass is 9.72. The normalized spacial score (nSPS) is 22.0. The molecule has 33 heavy (non-hydrogen) atoms. The van der Waals surface area contributed by atoms with E-state index in [1.807, 2.05) is 18.2 Å². The highest BCUT2D eigenvalue weighted by atomic mass is 16.5. The lowest BCUT2D eigenvalue weighted by Crippen LogP contribution is -2.89. The highest BCUT2D eigenvalue weighted by Gasteiger charge is 2.45. The molecule has 2 aliphatic rings. The Labute approximate surface area is 195 Å². The number of hydrogen-bond acceptors (Lipinski definition) is 5. The number of esters is 1. The Kier molecular flexibility index (Phi) is 7.50. The summed E-state index contributed by atoms with van der Waals surface area (Å²) in [5, 5.41) is 4.31. The van der Waals surface area contributed by atoms with E-state index in [0.29, 0.717) is 18.8 Å². The highest BCUT2D eigenvalue weighted by Crippen LogP contribution is 2.43. The van der Waals surface area contributed by atoms with Crippen LogP contribution in [-0.2, 0) is 14.9 Å². The van der Waals surface area contributed by atoms with Crippen molar-refractivity contribution in [2.45, 2.75) is 62.9 Å². The lowest BCUT2D eigenvalue weighted by Gasteiger charge is -2.41. The molecule has 1 aromatic carbocycles. The Hall–Kier alpha value is -3.06. The first-order chi connectivity index (χ1) is 16.1. The van der Waals surface area contributed by atoms with Crippen LogP contribution in [0.1, 0.15) is 56.9 Å². The number of carbonyl (C=O) groups is 2. The second kappa shape index (κ2) is 10.7. The first-order valence-electron chi connectivity index (χ1n) is 11.9. The molecule has 7 nitrogen and oxygen atoms in total. The molecule has 0 saturated heterocycles. The predicted octanol–water partition coefficient (Wildman–Crippen LogP) is 3.74. The van der Waals surface area contributed by atoms with Crippen LogP contribution in [0.5, 0.6) is 0 Å². The maximum Gasteiger partial charge on any atom is 0.418 e. The minimum absolute atomic E-state index is 0.0909. The Morgan fingerprint density at radius 1 is 1.12 bits per heavy atom. The number of nitrogens with one attached hydrogen (secondary N) is 1. The van der Waals surface area contributed by atoms with Crippen LogP contribution in [0.4, 0.5) is 10.6 Å². The smallest absolute Gasteiger partial charge is 0.418 e. The molecule has 2 atom stereocenters. The maximum absolute atomic E-state index is 13.6. The number of nitrogens with two attached hydrogens (primary N) is 1. The Bertz CT molecular complexity index is 956. The number of quaternary nitrogens is 1. The van der Waals surface area contributed by atoms with Gasteiger partial charge in [-0.1, -0.05) is 68.2 Å². The molecule has 0 aliphatic heterocycles. The second-order valence-corrected chi connectivity index (χ2v) is 9.14. The van der Waals surface area contributed by atoms with Crippen LogP contribution < -0.4 is 10.6 Å². The van der Waals surface area contributed by atoms with Crippen LogP contribution >= 0.6 is 0 Å². The molecule has 1 aromatic heterocycles. The average Bonchev–Trinajstić information content (AvgIpc) is 3.10. The molecule has 4 rings (SSSR count). The molecular weight excluding hydrogens is 416 g/mol. The van der Waals surface area contributed by atoms with Crippen LogP contribution in [-0.4, -0.2) is 34.6 Å². The topological polar surface area (TPSA) is 97.8 Å². The minimum Gasteiger partial charge on any atom is -0.461 e. The summed E-state index contributed by atoms with van der Waals surface area (Å²) in [5.74, 6) is 0.420. The van der Waals surface area contributed by atoms with E-state index in [0.717, 1.165) is 56.1 Å². The van der Waals surface area contributed by atoms with Gasteiger partial charge < -0.3 is 4.74 Å². The van der Waals surface area contributed by atoms with Gasteiger partial charge >= 0.3 is 12.0 Å². The molecule has 7 heteroatoms. The van der Waals surface area contributed by atoms with Crippen molar-refractivity contribution >= 4 is 17.8 Å². The van der Waals surface area contributed by atoms with Crippen LogP contribution in [0.3, 0.4) is 0 Å². The van der Waals surface area contributed by atoms with Crippen LogP contribution in [0.25, 0.3) is 0 Å². The van der Waals surface area contributed by atoms with E-state index in [1.165, 1.54) is 12.4 Å². The van der Waals surface area contributed by atoms with Gasteiger partial charge in [0.1, 0.15) is 6.10 Å². The van der Waals surface area contributed by atoms with Crippen molar-refractivity contribution in [1.82, 2.24) is 9.97 Å². The van der Waals surface area contributed by atoms with Crippen LogP contribution in [0.15, 0.2) is 61.1 Å². The van der Waals surface area contributed by atoms with Crippen molar-refractivity contribution in [2.75, 3.05) is 11.9 Å². The van der Waals surface area contributed by atoms with Gasteiger partial charge in [-0.2, -0.15) is 0 Å². The summed E-state index contributed by atoms with van der Waals surface area (Å²) in [4.78, 5) is 33.7. The average molecular weight is 450 g/mol. The van der Waals surface area contributed by atoms with Crippen LogP contribution in [0, 0.1) is 5.92 Å². The quantitative estimate of drug-likeness (QED) is 0.381. The summed E-state index contributed by atoms with van der Waals surface area (Å²) in [6, 6.07) is 9.91. The monoisotopic (exact) mass is 449 g/mol. The molecule has 2 unspecified atom stereocenters. The fourth-order valence-corrected chi connectivity index (χ4v) is 5.05. The van der Waals surface area contributed by atoms with Crippen molar-refractivity contribution in [1.29, 1.82) is 0 Å². The molecule has 0 bridgehead atoms. The molecule has 0 radical (unpaired) electrons. The first kappa shape index (κ1) is 23.1. The van der Waals surface area contributed by atoms with Crippen LogP contribution in [0.2, 0.25) is 0 Å². The number of aromatic nitrogens is 2. The Morgan fingerprint density at radius 3 is 2.55 bits per heavy atom. The Morgan fingerprint density at radius 2 is 1.88 bits per heavy atom. The zero-order chi connectivity index (χ0) is 23.1. The molecule has 174 valence electrons. The number of nitrogens with zero attached hydrogens (tertiary/aromatic N) is 2. The SMILES string of the molecule is C=C1CC(OC(=O)C2(c3ccccc3)CCCCCC2)C1CC[NH2+]C(=O)Nc1cnccn1. The molecule has 2 amide bonds. The van der Waals surface area contributed by atoms with Gasteiger partial charge in [0.25, 0.3) is 0 Å².